The molecule has 0 atom stereocenters. The van der Waals surface area contributed by atoms with Crippen LogP contribution in [-0.2, 0) is 6.54 Å². The average molecular weight is 250 g/mol. The molecule has 0 radical (unpaired) electrons. The van der Waals surface area contributed by atoms with Gasteiger partial charge in [-0.25, -0.2) is 4.39 Å². The van der Waals surface area contributed by atoms with Crippen molar-refractivity contribution in [3.63, 3.8) is 0 Å². The van der Waals surface area contributed by atoms with Gasteiger partial charge in [0.1, 0.15) is 5.82 Å². The Morgan fingerprint density at radius 3 is 2.72 bits per heavy atom. The van der Waals surface area contributed by atoms with Crippen LogP contribution in [0.3, 0.4) is 0 Å². The zero-order valence-electron chi connectivity index (χ0n) is 11.3. The summed E-state index contributed by atoms with van der Waals surface area (Å²) in [6.07, 6.45) is 3.73. The molecule has 18 heavy (non-hydrogen) atoms. The minimum Gasteiger partial charge on any atom is -0.396 e. The molecular formula is C15H23FN2. The van der Waals surface area contributed by atoms with E-state index in [9.17, 15) is 4.39 Å². The van der Waals surface area contributed by atoms with E-state index in [1.807, 2.05) is 6.07 Å². The van der Waals surface area contributed by atoms with Crippen molar-refractivity contribution in [3.8, 4) is 0 Å². The molecule has 1 fully saturated rings. The molecule has 1 aromatic rings. The Kier molecular flexibility index (Phi) is 4.23. The highest BCUT2D eigenvalue weighted by molar-refractivity contribution is 5.47. The topological polar surface area (TPSA) is 29.3 Å². The summed E-state index contributed by atoms with van der Waals surface area (Å²) in [5, 5.41) is 0. The number of halogens is 1. The Balaban J connectivity index is 2.01. The smallest absolute Gasteiger partial charge is 0.146 e. The standard InChI is InChI=1S/C15H23FN2/c1-11(2)8-9-18(13-6-7-13)10-12-4-3-5-14(16)15(12)17/h3-5,11,13H,6-10,17H2,1-2H3. The predicted molar refractivity (Wildman–Crippen MR) is 73.7 cm³/mol. The Bertz CT molecular complexity index is 399. The second-order valence-electron chi connectivity index (χ2n) is 5.70. The van der Waals surface area contributed by atoms with E-state index in [0.29, 0.717) is 17.6 Å². The molecule has 1 aliphatic carbocycles. The average Bonchev–Trinajstić information content (AvgIpc) is 3.13. The van der Waals surface area contributed by atoms with Gasteiger partial charge in [0.2, 0.25) is 0 Å². The molecular weight excluding hydrogens is 227 g/mol. The van der Waals surface area contributed by atoms with Crippen molar-refractivity contribution >= 4 is 5.69 Å². The lowest BCUT2D eigenvalue weighted by atomic mass is 10.1. The molecule has 0 amide bonds. The zero-order valence-corrected chi connectivity index (χ0v) is 11.3. The van der Waals surface area contributed by atoms with Crippen LogP contribution in [0.4, 0.5) is 10.1 Å². The van der Waals surface area contributed by atoms with Gasteiger partial charge < -0.3 is 5.73 Å². The predicted octanol–water partition coefficient (Wildman–Crippen LogP) is 3.42. The molecule has 1 saturated carbocycles. The summed E-state index contributed by atoms with van der Waals surface area (Å²) in [5.74, 6) is 0.406. The molecule has 0 aliphatic heterocycles. The molecule has 1 aromatic carbocycles. The fourth-order valence-electron chi connectivity index (χ4n) is 2.19. The molecule has 0 saturated heterocycles. The SMILES string of the molecule is CC(C)CCN(Cc1cccc(F)c1N)C1CC1. The number of hydrogen-bond donors (Lipinski definition) is 1. The van der Waals surface area contributed by atoms with Gasteiger partial charge in [-0.15, -0.1) is 0 Å². The summed E-state index contributed by atoms with van der Waals surface area (Å²) in [7, 11) is 0. The summed E-state index contributed by atoms with van der Waals surface area (Å²) in [6, 6.07) is 5.79. The molecule has 0 bridgehead atoms. The zero-order chi connectivity index (χ0) is 13.1. The lowest BCUT2D eigenvalue weighted by molar-refractivity contribution is 0.239. The number of nitrogens with two attached hydrogens (primary N) is 1. The van der Waals surface area contributed by atoms with Crippen LogP contribution in [-0.4, -0.2) is 17.5 Å². The van der Waals surface area contributed by atoms with Crippen molar-refractivity contribution in [2.24, 2.45) is 5.92 Å². The second kappa shape index (κ2) is 5.70. The maximum atomic E-state index is 13.4. The summed E-state index contributed by atoms with van der Waals surface area (Å²) in [5.41, 5.74) is 7.04. The maximum Gasteiger partial charge on any atom is 0.146 e. The van der Waals surface area contributed by atoms with Crippen LogP contribution < -0.4 is 5.73 Å². The van der Waals surface area contributed by atoms with E-state index in [0.717, 1.165) is 18.7 Å². The highest BCUT2D eigenvalue weighted by atomic mass is 19.1. The third-order valence-electron chi connectivity index (χ3n) is 3.57. The van der Waals surface area contributed by atoms with Crippen LogP contribution in [0, 0.1) is 11.7 Å². The molecule has 2 rings (SSSR count). The van der Waals surface area contributed by atoms with Crippen LogP contribution in [0.2, 0.25) is 0 Å². The first-order chi connectivity index (χ1) is 8.58. The van der Waals surface area contributed by atoms with Gasteiger partial charge in [0.25, 0.3) is 0 Å². The Morgan fingerprint density at radius 1 is 1.39 bits per heavy atom. The fraction of sp³-hybridized carbons (Fsp3) is 0.600. The number of nitrogens with zero attached hydrogens (tertiary/aromatic N) is 1. The maximum absolute atomic E-state index is 13.4. The van der Waals surface area contributed by atoms with Gasteiger partial charge in [0.05, 0.1) is 5.69 Å². The number of anilines is 1. The molecule has 0 unspecified atom stereocenters. The van der Waals surface area contributed by atoms with Crippen molar-refractivity contribution in [1.82, 2.24) is 4.90 Å². The molecule has 0 spiro atoms. The normalized spacial score (nSPS) is 15.6. The molecule has 100 valence electrons. The Hall–Kier alpha value is -1.09. The van der Waals surface area contributed by atoms with E-state index in [1.54, 1.807) is 6.07 Å². The quantitative estimate of drug-likeness (QED) is 0.784. The summed E-state index contributed by atoms with van der Waals surface area (Å²) < 4.78 is 13.4. The highest BCUT2D eigenvalue weighted by Gasteiger charge is 2.29. The number of hydrogen-bond acceptors (Lipinski definition) is 2. The number of para-hydroxylation sites is 1. The second-order valence-corrected chi connectivity index (χ2v) is 5.70. The first-order valence-electron chi connectivity index (χ1n) is 6.85. The number of rotatable bonds is 6. The first kappa shape index (κ1) is 13.3. The van der Waals surface area contributed by atoms with Crippen molar-refractivity contribution in [2.75, 3.05) is 12.3 Å². The van der Waals surface area contributed by atoms with Crippen LogP contribution in [0.25, 0.3) is 0 Å². The van der Waals surface area contributed by atoms with E-state index >= 15 is 0 Å². The van der Waals surface area contributed by atoms with Crippen molar-refractivity contribution in [1.29, 1.82) is 0 Å². The minimum absolute atomic E-state index is 0.299. The van der Waals surface area contributed by atoms with Crippen LogP contribution in [0.15, 0.2) is 18.2 Å². The summed E-state index contributed by atoms with van der Waals surface area (Å²) >= 11 is 0. The van der Waals surface area contributed by atoms with E-state index in [2.05, 4.69) is 18.7 Å². The molecule has 2 nitrogen and oxygen atoms in total. The Labute approximate surface area is 109 Å². The Morgan fingerprint density at radius 2 is 2.11 bits per heavy atom. The third kappa shape index (κ3) is 3.45. The van der Waals surface area contributed by atoms with Gasteiger partial charge in [0.15, 0.2) is 0 Å². The van der Waals surface area contributed by atoms with Crippen molar-refractivity contribution < 1.29 is 4.39 Å². The monoisotopic (exact) mass is 250 g/mol. The molecule has 2 N–H and O–H groups in total. The van der Waals surface area contributed by atoms with Gasteiger partial charge in [0, 0.05) is 12.6 Å². The van der Waals surface area contributed by atoms with Gasteiger partial charge >= 0.3 is 0 Å². The first-order valence-corrected chi connectivity index (χ1v) is 6.85. The van der Waals surface area contributed by atoms with Gasteiger partial charge in [-0.1, -0.05) is 26.0 Å². The van der Waals surface area contributed by atoms with Gasteiger partial charge in [-0.3, -0.25) is 4.90 Å². The van der Waals surface area contributed by atoms with Crippen LogP contribution >= 0.6 is 0 Å². The number of benzene rings is 1. The van der Waals surface area contributed by atoms with E-state index in [4.69, 9.17) is 5.73 Å². The molecule has 0 heterocycles. The fourth-order valence-corrected chi connectivity index (χ4v) is 2.19. The van der Waals surface area contributed by atoms with Gasteiger partial charge in [-0.2, -0.15) is 0 Å². The van der Waals surface area contributed by atoms with E-state index in [1.165, 1.54) is 25.3 Å². The third-order valence-corrected chi connectivity index (χ3v) is 3.57. The van der Waals surface area contributed by atoms with Crippen LogP contribution in [0.5, 0.6) is 0 Å². The molecule has 3 heteroatoms. The lowest BCUT2D eigenvalue weighted by Gasteiger charge is -2.23. The summed E-state index contributed by atoms with van der Waals surface area (Å²) in [6.45, 7) is 6.34. The number of nitrogen functional groups attached to an aromatic ring is 1. The van der Waals surface area contributed by atoms with E-state index < -0.39 is 0 Å². The molecule has 0 aromatic heterocycles. The van der Waals surface area contributed by atoms with Gasteiger partial charge in [-0.05, 0) is 43.4 Å². The molecule has 1 aliphatic rings. The summed E-state index contributed by atoms with van der Waals surface area (Å²) in [4.78, 5) is 2.45. The van der Waals surface area contributed by atoms with Crippen LogP contribution in [0.1, 0.15) is 38.7 Å². The van der Waals surface area contributed by atoms with Crippen molar-refractivity contribution in [3.05, 3.63) is 29.6 Å². The van der Waals surface area contributed by atoms with E-state index in [-0.39, 0.29) is 5.82 Å². The highest BCUT2D eigenvalue weighted by Crippen LogP contribution is 2.30. The lowest BCUT2D eigenvalue weighted by Crippen LogP contribution is -2.28. The van der Waals surface area contributed by atoms with Crippen molar-refractivity contribution in [2.45, 2.75) is 45.7 Å². The minimum atomic E-state index is -0.299. The largest absolute Gasteiger partial charge is 0.396 e.